The number of amides is 1. The maximum absolute atomic E-state index is 12.0. The van der Waals surface area contributed by atoms with Crippen LogP contribution in [0.15, 0.2) is 35.4 Å². The fourth-order valence-corrected chi connectivity index (χ4v) is 1.53. The molecule has 0 saturated carbocycles. The van der Waals surface area contributed by atoms with E-state index in [0.717, 1.165) is 5.69 Å². The van der Waals surface area contributed by atoms with Crippen LogP contribution in [0.4, 0.5) is 18.9 Å². The smallest absolute Gasteiger partial charge is 0.305 e. The van der Waals surface area contributed by atoms with Crippen LogP contribution in [-0.2, 0) is 4.79 Å². The van der Waals surface area contributed by atoms with Gasteiger partial charge in [-0.15, -0.1) is 0 Å². The Morgan fingerprint density at radius 2 is 1.94 bits per heavy atom. The minimum absolute atomic E-state index is 0.0289. The zero-order valence-electron chi connectivity index (χ0n) is 9.24. The number of hydrogen-bond acceptors (Lipinski definition) is 3. The Kier molecular flexibility index (Phi) is 3.22. The summed E-state index contributed by atoms with van der Waals surface area (Å²) in [6.07, 6.45) is -4.61. The van der Waals surface area contributed by atoms with E-state index in [9.17, 15) is 18.0 Å². The number of benzene rings is 1. The van der Waals surface area contributed by atoms with Crippen LogP contribution in [0.5, 0.6) is 0 Å². The Morgan fingerprint density at radius 1 is 1.28 bits per heavy atom. The molecule has 0 radical (unpaired) electrons. The average Bonchev–Trinajstić information content (AvgIpc) is 2.77. The van der Waals surface area contributed by atoms with Gasteiger partial charge in [-0.05, 0) is 12.1 Å². The first-order valence-electron chi connectivity index (χ1n) is 5.25. The van der Waals surface area contributed by atoms with E-state index < -0.39 is 12.1 Å². The van der Waals surface area contributed by atoms with E-state index in [2.05, 4.69) is 5.10 Å². The lowest BCUT2D eigenvalue weighted by molar-refractivity contribution is -0.171. The van der Waals surface area contributed by atoms with Crippen molar-refractivity contribution in [2.45, 2.75) is 12.6 Å². The van der Waals surface area contributed by atoms with Crippen LogP contribution < -0.4 is 10.3 Å². The van der Waals surface area contributed by atoms with Gasteiger partial charge in [-0.3, -0.25) is 9.80 Å². The summed E-state index contributed by atoms with van der Waals surface area (Å²) < 4.78 is 36.1. The number of hydrogen-bond donors (Lipinski definition) is 1. The van der Waals surface area contributed by atoms with E-state index in [1.54, 1.807) is 34.6 Å². The summed E-state index contributed by atoms with van der Waals surface area (Å²) in [5.41, 5.74) is 0.772. The first-order valence-corrected chi connectivity index (χ1v) is 5.25. The number of halogens is 3. The normalized spacial score (nSPS) is 15.5. The van der Waals surface area contributed by atoms with Gasteiger partial charge in [0.15, 0.2) is 0 Å². The van der Waals surface area contributed by atoms with E-state index in [1.807, 2.05) is 6.07 Å². The highest BCUT2D eigenvalue weighted by molar-refractivity contribution is 6.01. The highest BCUT2D eigenvalue weighted by atomic mass is 19.4. The van der Waals surface area contributed by atoms with Crippen molar-refractivity contribution in [2.75, 3.05) is 11.6 Å². The fourth-order valence-electron chi connectivity index (χ4n) is 1.53. The molecule has 1 heterocycles. The molecule has 1 aliphatic heterocycles. The highest BCUT2D eigenvalue weighted by Gasteiger charge is 2.39. The first-order chi connectivity index (χ1) is 8.47. The molecule has 4 nitrogen and oxygen atoms in total. The summed E-state index contributed by atoms with van der Waals surface area (Å²) in [6.45, 7) is 0.442. The lowest BCUT2D eigenvalue weighted by atomic mass is 10.3. The molecule has 1 aromatic carbocycles. The number of para-hydroxylation sites is 1. The van der Waals surface area contributed by atoms with E-state index >= 15 is 0 Å². The summed E-state index contributed by atoms with van der Waals surface area (Å²) in [5.74, 6) is -1.96. The minimum Gasteiger partial charge on any atom is -0.305 e. The molecule has 0 saturated heterocycles. The lowest BCUT2D eigenvalue weighted by Gasteiger charge is -2.12. The predicted molar refractivity (Wildman–Crippen MR) is 60.0 cm³/mol. The molecule has 0 aromatic heterocycles. The van der Waals surface area contributed by atoms with Gasteiger partial charge in [0.05, 0.1) is 5.69 Å². The Morgan fingerprint density at radius 3 is 2.56 bits per heavy atom. The second-order valence-corrected chi connectivity index (χ2v) is 3.71. The number of amidine groups is 1. The van der Waals surface area contributed by atoms with Crippen LogP contribution in [0, 0.1) is 0 Å². The van der Waals surface area contributed by atoms with Gasteiger partial charge in [-0.1, -0.05) is 18.2 Å². The second kappa shape index (κ2) is 4.67. The third kappa shape index (κ3) is 2.79. The molecule has 0 spiro atoms. The molecule has 0 fully saturated rings. The van der Waals surface area contributed by atoms with E-state index in [0.29, 0.717) is 6.54 Å². The fraction of sp³-hybridized carbons (Fsp3) is 0.273. The summed E-state index contributed by atoms with van der Waals surface area (Å²) in [4.78, 5) is 10.7. The van der Waals surface area contributed by atoms with Gasteiger partial charge in [0, 0.05) is 13.0 Å². The molecular weight excluding hydrogens is 247 g/mol. The molecule has 2 rings (SSSR count). The van der Waals surface area contributed by atoms with E-state index in [-0.39, 0.29) is 12.3 Å². The zero-order valence-corrected chi connectivity index (χ0v) is 9.24. The van der Waals surface area contributed by atoms with Crippen LogP contribution in [0.2, 0.25) is 0 Å². The van der Waals surface area contributed by atoms with Crippen molar-refractivity contribution in [1.82, 2.24) is 5.32 Å². The third-order valence-electron chi connectivity index (χ3n) is 2.37. The van der Waals surface area contributed by atoms with Crippen molar-refractivity contribution in [3.05, 3.63) is 30.3 Å². The molecule has 1 amide bonds. The maximum atomic E-state index is 12.0. The molecule has 96 valence electrons. The topological polar surface area (TPSA) is 44.7 Å². The summed E-state index contributed by atoms with van der Waals surface area (Å²) in [5, 5.41) is 7.24. The molecule has 1 aliphatic rings. The van der Waals surface area contributed by atoms with Crippen LogP contribution in [-0.4, -0.2) is 24.5 Å². The monoisotopic (exact) mass is 257 g/mol. The lowest BCUT2D eigenvalue weighted by Crippen LogP contribution is -2.40. The van der Waals surface area contributed by atoms with Gasteiger partial charge in [-0.2, -0.15) is 18.3 Å². The van der Waals surface area contributed by atoms with Crippen LogP contribution in [0.3, 0.4) is 0 Å². The predicted octanol–water partition coefficient (Wildman–Crippen LogP) is 1.89. The van der Waals surface area contributed by atoms with E-state index in [1.165, 1.54) is 0 Å². The SMILES string of the molecule is O=C(NC1=NN(c2ccccc2)CC1)C(F)(F)F. The molecule has 0 aliphatic carbocycles. The molecule has 0 bridgehead atoms. The average molecular weight is 257 g/mol. The third-order valence-corrected chi connectivity index (χ3v) is 2.37. The Hall–Kier alpha value is -2.05. The number of carbonyl (C=O) groups excluding carboxylic acids is 1. The van der Waals surface area contributed by atoms with E-state index in [4.69, 9.17) is 0 Å². The number of nitrogens with zero attached hydrogens (tertiary/aromatic N) is 2. The van der Waals surface area contributed by atoms with Gasteiger partial charge < -0.3 is 5.32 Å². The Balaban J connectivity index is 2.04. The van der Waals surface area contributed by atoms with Crippen LogP contribution in [0.25, 0.3) is 0 Å². The largest absolute Gasteiger partial charge is 0.471 e. The number of anilines is 1. The highest BCUT2D eigenvalue weighted by Crippen LogP contribution is 2.19. The zero-order chi connectivity index (χ0) is 13.2. The number of hydrazone groups is 1. The van der Waals surface area contributed by atoms with Crippen molar-refractivity contribution < 1.29 is 18.0 Å². The van der Waals surface area contributed by atoms with Crippen molar-refractivity contribution >= 4 is 17.4 Å². The number of carbonyl (C=O) groups is 1. The van der Waals surface area contributed by atoms with Crippen LogP contribution >= 0.6 is 0 Å². The number of rotatable bonds is 1. The minimum atomic E-state index is -4.89. The summed E-state index contributed by atoms with van der Waals surface area (Å²) >= 11 is 0. The standard InChI is InChI=1S/C11H10F3N3O/c12-11(13,14)10(18)15-9-6-7-17(16-9)8-4-2-1-3-5-8/h1-5H,6-7H2,(H,15,16,18). The van der Waals surface area contributed by atoms with Gasteiger partial charge in [-0.25, -0.2) is 0 Å². The molecule has 18 heavy (non-hydrogen) atoms. The number of nitrogens with one attached hydrogen (secondary N) is 1. The van der Waals surface area contributed by atoms with Gasteiger partial charge in [0.25, 0.3) is 0 Å². The molecule has 0 atom stereocenters. The Labute approximate surface area is 101 Å². The molecular formula is C11H10F3N3O. The summed E-state index contributed by atoms with van der Waals surface area (Å²) in [7, 11) is 0. The number of alkyl halides is 3. The van der Waals surface area contributed by atoms with Gasteiger partial charge in [0.1, 0.15) is 5.84 Å². The van der Waals surface area contributed by atoms with Crippen LogP contribution in [0.1, 0.15) is 6.42 Å². The molecule has 0 unspecified atom stereocenters. The maximum Gasteiger partial charge on any atom is 0.471 e. The first kappa shape index (κ1) is 12.4. The second-order valence-electron chi connectivity index (χ2n) is 3.71. The van der Waals surface area contributed by atoms with Gasteiger partial charge in [0.2, 0.25) is 0 Å². The molecule has 1 N–H and O–H groups in total. The summed E-state index contributed by atoms with van der Waals surface area (Å²) in [6, 6.07) is 9.01. The van der Waals surface area contributed by atoms with Crippen molar-refractivity contribution in [2.24, 2.45) is 5.10 Å². The van der Waals surface area contributed by atoms with Gasteiger partial charge >= 0.3 is 12.1 Å². The molecule has 7 heteroatoms. The quantitative estimate of drug-likeness (QED) is 0.835. The van der Waals surface area contributed by atoms with Crippen molar-refractivity contribution in [3.8, 4) is 0 Å². The van der Waals surface area contributed by atoms with Crippen molar-refractivity contribution in [1.29, 1.82) is 0 Å². The molecule has 1 aromatic rings. The Bertz CT molecular complexity index is 470. The van der Waals surface area contributed by atoms with Crippen molar-refractivity contribution in [3.63, 3.8) is 0 Å².